The smallest absolute Gasteiger partial charge is 0.274 e. The number of amides is 2. The molecule has 1 aromatic heterocycles. The normalized spacial score (nSPS) is 11.5. The molecule has 0 aliphatic carbocycles. The largest absolute Gasteiger partial charge is 0.350 e. The molecule has 0 bridgehead atoms. The standard InChI is InChI=1S/C19H21N3O3/c1-4-12(2)21-18(24)15-8-9-20-17(11-15)19(25)22-16-7-5-6-14(10-16)13(3)23/h5-12H,4H2,1-3H3,(H,21,24)(H,22,25). The van der Waals surface area contributed by atoms with Gasteiger partial charge in [0.2, 0.25) is 0 Å². The number of hydrogen-bond acceptors (Lipinski definition) is 4. The predicted molar refractivity (Wildman–Crippen MR) is 95.9 cm³/mol. The number of hydrogen-bond donors (Lipinski definition) is 2. The lowest BCUT2D eigenvalue weighted by molar-refractivity contribution is 0.0938. The van der Waals surface area contributed by atoms with Crippen molar-refractivity contribution in [2.45, 2.75) is 33.2 Å². The Hall–Kier alpha value is -3.02. The molecule has 0 saturated heterocycles. The van der Waals surface area contributed by atoms with Gasteiger partial charge in [0.1, 0.15) is 5.69 Å². The van der Waals surface area contributed by atoms with Gasteiger partial charge in [-0.15, -0.1) is 0 Å². The molecule has 2 aromatic rings. The summed E-state index contributed by atoms with van der Waals surface area (Å²) in [5.41, 5.74) is 1.50. The zero-order valence-electron chi connectivity index (χ0n) is 14.5. The molecule has 0 radical (unpaired) electrons. The number of carbonyl (C=O) groups excluding carboxylic acids is 3. The van der Waals surface area contributed by atoms with E-state index in [-0.39, 0.29) is 23.4 Å². The SMILES string of the molecule is CCC(C)NC(=O)c1ccnc(C(=O)Nc2cccc(C(C)=O)c2)c1. The highest BCUT2D eigenvalue weighted by molar-refractivity contribution is 6.05. The van der Waals surface area contributed by atoms with Gasteiger partial charge in [0.05, 0.1) is 0 Å². The van der Waals surface area contributed by atoms with Gasteiger partial charge in [0.15, 0.2) is 5.78 Å². The van der Waals surface area contributed by atoms with E-state index in [0.717, 1.165) is 6.42 Å². The Balaban J connectivity index is 2.14. The van der Waals surface area contributed by atoms with E-state index in [9.17, 15) is 14.4 Å². The average Bonchev–Trinajstić information content (AvgIpc) is 2.61. The topological polar surface area (TPSA) is 88.2 Å². The first-order valence-corrected chi connectivity index (χ1v) is 8.10. The van der Waals surface area contributed by atoms with Gasteiger partial charge in [-0.25, -0.2) is 0 Å². The van der Waals surface area contributed by atoms with Crippen molar-refractivity contribution < 1.29 is 14.4 Å². The molecule has 130 valence electrons. The summed E-state index contributed by atoms with van der Waals surface area (Å²) in [5.74, 6) is -0.777. The van der Waals surface area contributed by atoms with Crippen LogP contribution in [0.1, 0.15) is 58.4 Å². The molecule has 0 saturated carbocycles. The molecule has 1 heterocycles. The number of pyridine rings is 1. The fourth-order valence-electron chi connectivity index (χ4n) is 2.12. The summed E-state index contributed by atoms with van der Waals surface area (Å²) in [4.78, 5) is 39.9. The molecule has 2 N–H and O–H groups in total. The number of ketones is 1. The monoisotopic (exact) mass is 339 g/mol. The van der Waals surface area contributed by atoms with Crippen LogP contribution in [0.5, 0.6) is 0 Å². The molecule has 1 aromatic carbocycles. The van der Waals surface area contributed by atoms with Crippen LogP contribution in [0, 0.1) is 0 Å². The third kappa shape index (κ3) is 4.97. The van der Waals surface area contributed by atoms with Gasteiger partial charge in [-0.05, 0) is 44.5 Å². The second-order valence-electron chi connectivity index (χ2n) is 5.80. The second-order valence-corrected chi connectivity index (χ2v) is 5.80. The maximum absolute atomic E-state index is 12.4. The highest BCUT2D eigenvalue weighted by atomic mass is 16.2. The fourth-order valence-corrected chi connectivity index (χ4v) is 2.12. The Kier molecular flexibility index (Phi) is 6.00. The first-order chi connectivity index (χ1) is 11.9. The van der Waals surface area contributed by atoms with E-state index in [1.807, 2.05) is 13.8 Å². The minimum absolute atomic E-state index is 0.0484. The molecule has 6 heteroatoms. The van der Waals surface area contributed by atoms with Gasteiger partial charge in [-0.1, -0.05) is 19.1 Å². The van der Waals surface area contributed by atoms with Crippen molar-refractivity contribution in [3.63, 3.8) is 0 Å². The van der Waals surface area contributed by atoms with Crippen LogP contribution in [0.15, 0.2) is 42.6 Å². The lowest BCUT2D eigenvalue weighted by Crippen LogP contribution is -2.32. The van der Waals surface area contributed by atoms with E-state index in [0.29, 0.717) is 16.8 Å². The summed E-state index contributed by atoms with van der Waals surface area (Å²) in [5, 5.41) is 5.53. The van der Waals surface area contributed by atoms with E-state index in [1.54, 1.807) is 30.3 Å². The summed E-state index contributed by atoms with van der Waals surface area (Å²) in [7, 11) is 0. The van der Waals surface area contributed by atoms with Crippen LogP contribution in [0.25, 0.3) is 0 Å². The van der Waals surface area contributed by atoms with Crippen LogP contribution >= 0.6 is 0 Å². The third-order valence-electron chi connectivity index (χ3n) is 3.77. The second kappa shape index (κ2) is 8.19. The molecule has 2 amide bonds. The molecule has 0 aliphatic rings. The van der Waals surface area contributed by atoms with Crippen LogP contribution in [-0.4, -0.2) is 28.6 Å². The third-order valence-corrected chi connectivity index (χ3v) is 3.77. The number of Topliss-reactive ketones (excluding diaryl/α,β-unsaturated/α-hetero) is 1. The first-order valence-electron chi connectivity index (χ1n) is 8.10. The number of carbonyl (C=O) groups is 3. The van der Waals surface area contributed by atoms with Crippen LogP contribution in [0.2, 0.25) is 0 Å². The van der Waals surface area contributed by atoms with Gasteiger partial charge in [0, 0.05) is 29.1 Å². The van der Waals surface area contributed by atoms with Crippen molar-refractivity contribution in [1.29, 1.82) is 0 Å². The molecule has 25 heavy (non-hydrogen) atoms. The molecule has 1 atom stereocenters. The Morgan fingerprint density at radius 2 is 1.84 bits per heavy atom. The van der Waals surface area contributed by atoms with Crippen molar-refractivity contribution in [2.75, 3.05) is 5.32 Å². The van der Waals surface area contributed by atoms with Gasteiger partial charge in [0.25, 0.3) is 11.8 Å². The number of aromatic nitrogens is 1. The van der Waals surface area contributed by atoms with Crippen molar-refractivity contribution in [3.05, 3.63) is 59.4 Å². The lowest BCUT2D eigenvalue weighted by atomic mass is 10.1. The van der Waals surface area contributed by atoms with Gasteiger partial charge >= 0.3 is 0 Å². The highest BCUT2D eigenvalue weighted by Crippen LogP contribution is 2.13. The quantitative estimate of drug-likeness (QED) is 0.792. The fraction of sp³-hybridized carbons (Fsp3) is 0.263. The van der Waals surface area contributed by atoms with Gasteiger partial charge in [-0.3, -0.25) is 19.4 Å². The van der Waals surface area contributed by atoms with Crippen molar-refractivity contribution in [1.82, 2.24) is 10.3 Å². The summed E-state index contributed by atoms with van der Waals surface area (Å²) in [6, 6.07) is 9.70. The van der Waals surface area contributed by atoms with Crippen LogP contribution in [-0.2, 0) is 0 Å². The van der Waals surface area contributed by atoms with E-state index < -0.39 is 5.91 Å². The minimum atomic E-state index is -0.445. The van der Waals surface area contributed by atoms with Crippen molar-refractivity contribution in [3.8, 4) is 0 Å². The zero-order chi connectivity index (χ0) is 18.4. The first kappa shape index (κ1) is 18.3. The molecule has 0 aliphatic heterocycles. The van der Waals surface area contributed by atoms with Crippen molar-refractivity contribution in [2.24, 2.45) is 0 Å². The molecule has 0 spiro atoms. The Morgan fingerprint density at radius 3 is 2.52 bits per heavy atom. The number of benzene rings is 1. The average molecular weight is 339 g/mol. The number of nitrogens with zero attached hydrogens (tertiary/aromatic N) is 1. The van der Waals surface area contributed by atoms with Crippen molar-refractivity contribution >= 4 is 23.3 Å². The molecule has 0 fully saturated rings. The van der Waals surface area contributed by atoms with E-state index in [4.69, 9.17) is 0 Å². The summed E-state index contributed by atoms with van der Waals surface area (Å²) >= 11 is 0. The van der Waals surface area contributed by atoms with Crippen LogP contribution < -0.4 is 10.6 Å². The van der Waals surface area contributed by atoms with E-state index in [1.165, 1.54) is 19.2 Å². The number of nitrogens with one attached hydrogen (secondary N) is 2. The Labute approximate surface area is 146 Å². The molecule has 6 nitrogen and oxygen atoms in total. The summed E-state index contributed by atoms with van der Waals surface area (Å²) in [6.45, 7) is 5.35. The molecular weight excluding hydrogens is 318 g/mol. The van der Waals surface area contributed by atoms with Crippen LogP contribution in [0.3, 0.4) is 0 Å². The van der Waals surface area contributed by atoms with E-state index in [2.05, 4.69) is 15.6 Å². The van der Waals surface area contributed by atoms with Gasteiger partial charge < -0.3 is 10.6 Å². The molecular formula is C19H21N3O3. The number of rotatable bonds is 6. The number of anilines is 1. The predicted octanol–water partition coefficient (Wildman–Crippen LogP) is 3.06. The lowest BCUT2D eigenvalue weighted by Gasteiger charge is -2.12. The molecule has 2 rings (SSSR count). The Bertz CT molecular complexity index is 802. The summed E-state index contributed by atoms with van der Waals surface area (Å²) in [6.07, 6.45) is 2.24. The minimum Gasteiger partial charge on any atom is -0.350 e. The van der Waals surface area contributed by atoms with Crippen LogP contribution in [0.4, 0.5) is 5.69 Å². The summed E-state index contributed by atoms with van der Waals surface area (Å²) < 4.78 is 0. The Morgan fingerprint density at radius 1 is 1.08 bits per heavy atom. The van der Waals surface area contributed by atoms with Gasteiger partial charge in [-0.2, -0.15) is 0 Å². The zero-order valence-corrected chi connectivity index (χ0v) is 14.5. The maximum atomic E-state index is 12.4. The maximum Gasteiger partial charge on any atom is 0.274 e. The molecule has 1 unspecified atom stereocenters. The highest BCUT2D eigenvalue weighted by Gasteiger charge is 2.13. The van der Waals surface area contributed by atoms with E-state index >= 15 is 0 Å².